The van der Waals surface area contributed by atoms with Crippen LogP contribution >= 0.6 is 16.1 Å². The van der Waals surface area contributed by atoms with Crippen LogP contribution in [0.4, 0.5) is 22.7 Å². The third-order valence-corrected chi connectivity index (χ3v) is 14.1. The molecule has 0 saturated carbocycles. The van der Waals surface area contributed by atoms with Gasteiger partial charge in [0, 0.05) is 13.2 Å². The first kappa shape index (κ1) is 41.6. The molecule has 0 aliphatic carbocycles. The average molecular weight is 732 g/mol. The van der Waals surface area contributed by atoms with E-state index < -0.39 is 16.1 Å². The first-order chi connectivity index (χ1) is 22.7. The normalized spacial score (nSPS) is 12.3. The zero-order valence-electron chi connectivity index (χ0n) is 30.2. The summed E-state index contributed by atoms with van der Waals surface area (Å²) < 4.78 is 9.52. The summed E-state index contributed by atoms with van der Waals surface area (Å²) in [5.41, 5.74) is 16.8. The number of para-hydroxylation sites is 2. The average Bonchev–Trinajstić information content (AvgIpc) is 3.66. The molecule has 0 N–H and O–H groups in total. The molecule has 1 fully saturated rings. The number of rotatable bonds is 12. The molecular weight excluding hydrogens is 673 g/mol. The zero-order valence-corrected chi connectivity index (χ0v) is 33.2. The molecule has 5 rings (SSSR count). The van der Waals surface area contributed by atoms with E-state index in [0.29, 0.717) is 22.6 Å². The summed E-state index contributed by atoms with van der Waals surface area (Å²) in [6.07, 6.45) is 2.56. The van der Waals surface area contributed by atoms with Crippen molar-refractivity contribution in [3.05, 3.63) is 132 Å². The van der Waals surface area contributed by atoms with Gasteiger partial charge in [-0.15, -0.1) is 11.4 Å². The number of benzene rings is 4. The van der Waals surface area contributed by atoms with Crippen LogP contribution in [-0.4, -0.2) is 35.8 Å². The maximum absolute atomic E-state index is 4.95. The van der Waals surface area contributed by atoms with E-state index in [0.717, 1.165) is 24.6 Å². The van der Waals surface area contributed by atoms with Gasteiger partial charge in [0.05, 0.1) is 50.2 Å². The molecule has 0 spiro atoms. The maximum atomic E-state index is 4.95. The van der Waals surface area contributed by atoms with Gasteiger partial charge in [0.2, 0.25) is 0 Å². The molecule has 48 heavy (non-hydrogen) atoms. The van der Waals surface area contributed by atoms with Crippen molar-refractivity contribution in [2.75, 3.05) is 22.8 Å². The van der Waals surface area contributed by atoms with E-state index in [4.69, 9.17) is 15.6 Å². The minimum Gasteiger partial charge on any atom is -0.560 e. The largest absolute Gasteiger partial charge is 2.00 e. The Bertz CT molecular complexity index is 1220. The number of hydrogen-bond donors (Lipinski definition) is 0. The Kier molecular flexibility index (Phi) is 19.8. The van der Waals surface area contributed by atoms with Gasteiger partial charge in [-0.1, -0.05) is 97.1 Å². The molecule has 4 aromatic carbocycles. The van der Waals surface area contributed by atoms with Crippen molar-refractivity contribution in [3.8, 4) is 0 Å². The first-order valence-electron chi connectivity index (χ1n) is 17.2. The third-order valence-electron chi connectivity index (χ3n) is 7.63. The summed E-state index contributed by atoms with van der Waals surface area (Å²) in [6, 6.07) is 41.6. The molecule has 0 atom stereocenters. The third kappa shape index (κ3) is 14.1. The Morgan fingerprint density at radius 2 is 0.729 bits per heavy atom. The molecule has 0 unspecified atom stereocenters. The minimum atomic E-state index is -0.800. The smallest absolute Gasteiger partial charge is 0.560 e. The molecule has 262 valence electrons. The SMILES string of the molecule is C1CCOC1.CC(C)[PH+](C(C)C)N([N-]c1ccccc1)c1ccccc1.CC(C)[PH+](C(C)C)N([N-]c1ccccc1)c1ccccc1.[Ni+2]. The van der Waals surface area contributed by atoms with Crippen LogP contribution in [-0.2, 0) is 21.2 Å². The van der Waals surface area contributed by atoms with E-state index in [1.165, 1.54) is 24.2 Å². The standard InChI is InChI=1S/2C18H24N2P.C4H8O.Ni/c2*1-15(2)21(16(3)4)20(18-13-9-6-10-14-18)19-17-11-7-5-8-12-17;1-2-4-5-3-1;/h2*5-16H,1-4H3;1-4H2;/q2*-1;;+2/p+2. The van der Waals surface area contributed by atoms with Gasteiger partial charge in [-0.05, 0) is 92.5 Å². The molecule has 1 aliphatic rings. The fourth-order valence-corrected chi connectivity index (χ4v) is 11.7. The van der Waals surface area contributed by atoms with Gasteiger partial charge in [-0.25, -0.2) is 0 Å². The van der Waals surface area contributed by atoms with E-state index in [-0.39, 0.29) is 16.5 Å². The van der Waals surface area contributed by atoms with Crippen molar-refractivity contribution in [2.24, 2.45) is 0 Å². The van der Waals surface area contributed by atoms with Crippen molar-refractivity contribution in [3.63, 3.8) is 0 Å². The Hall–Kier alpha value is -2.61. The molecular formula is C40H58N4NiOP2+2. The van der Waals surface area contributed by atoms with Gasteiger partial charge in [-0.2, -0.15) is 0 Å². The van der Waals surface area contributed by atoms with Gasteiger partial charge in [0.25, 0.3) is 0 Å². The Labute approximate surface area is 304 Å². The van der Waals surface area contributed by atoms with E-state index in [9.17, 15) is 0 Å². The number of nitrogens with zero attached hydrogens (tertiary/aromatic N) is 4. The van der Waals surface area contributed by atoms with Crippen LogP contribution in [0.5, 0.6) is 0 Å². The number of anilines is 2. The topological polar surface area (TPSA) is 43.9 Å². The van der Waals surface area contributed by atoms with Crippen LogP contribution in [0.1, 0.15) is 68.2 Å². The van der Waals surface area contributed by atoms with Gasteiger partial charge in [-0.3, -0.25) is 0 Å². The van der Waals surface area contributed by atoms with Crippen molar-refractivity contribution in [1.29, 1.82) is 0 Å². The Morgan fingerprint density at radius 1 is 0.458 bits per heavy atom. The van der Waals surface area contributed by atoms with Crippen LogP contribution in [0.2, 0.25) is 0 Å². The molecule has 1 saturated heterocycles. The zero-order chi connectivity index (χ0) is 34.0. The summed E-state index contributed by atoms with van der Waals surface area (Å²) in [4.78, 5) is 0. The van der Waals surface area contributed by atoms with E-state index >= 15 is 0 Å². The summed E-state index contributed by atoms with van der Waals surface area (Å²) in [6.45, 7) is 20.5. The molecule has 0 bridgehead atoms. The fraction of sp³-hybridized carbons (Fsp3) is 0.400. The van der Waals surface area contributed by atoms with Gasteiger partial charge in [0.15, 0.2) is 0 Å². The fourth-order valence-electron chi connectivity index (χ4n) is 5.71. The Morgan fingerprint density at radius 3 is 0.958 bits per heavy atom. The number of hydrogen-bond acceptors (Lipinski definition) is 3. The van der Waals surface area contributed by atoms with Crippen LogP contribution in [0.15, 0.2) is 121 Å². The van der Waals surface area contributed by atoms with Crippen molar-refractivity contribution < 1.29 is 21.2 Å². The molecule has 0 amide bonds. The molecule has 4 aromatic rings. The summed E-state index contributed by atoms with van der Waals surface area (Å²) in [5.74, 6) is 0. The molecule has 5 nitrogen and oxygen atoms in total. The summed E-state index contributed by atoms with van der Waals surface area (Å²) in [7, 11) is -1.60. The van der Waals surface area contributed by atoms with Crippen molar-refractivity contribution in [1.82, 2.24) is 0 Å². The Balaban J connectivity index is 0.000000285. The summed E-state index contributed by atoms with van der Waals surface area (Å²) in [5, 5.41) is 0. The minimum absolute atomic E-state index is 0. The molecule has 1 heterocycles. The van der Waals surface area contributed by atoms with E-state index in [1.807, 2.05) is 36.4 Å². The van der Waals surface area contributed by atoms with Crippen molar-refractivity contribution in [2.45, 2.75) is 90.9 Å². The first-order valence-corrected chi connectivity index (χ1v) is 20.4. The number of ether oxygens (including phenoxy) is 1. The molecule has 0 radical (unpaired) electrons. The molecule has 8 heteroatoms. The van der Waals surface area contributed by atoms with Crippen molar-refractivity contribution >= 4 is 38.9 Å². The molecule has 0 aromatic heterocycles. The summed E-state index contributed by atoms with van der Waals surface area (Å²) >= 11 is 0. The molecule has 1 aliphatic heterocycles. The van der Waals surface area contributed by atoms with Gasteiger partial charge in [0.1, 0.15) is 0 Å². The van der Waals surface area contributed by atoms with Crippen LogP contribution in [0, 0.1) is 0 Å². The maximum Gasteiger partial charge on any atom is 2.00 e. The van der Waals surface area contributed by atoms with Crippen LogP contribution < -0.4 is 9.56 Å². The van der Waals surface area contributed by atoms with Crippen LogP contribution in [0.3, 0.4) is 0 Å². The second-order valence-electron chi connectivity index (χ2n) is 13.0. The predicted molar refractivity (Wildman–Crippen MR) is 214 cm³/mol. The second-order valence-corrected chi connectivity index (χ2v) is 20.1. The van der Waals surface area contributed by atoms with Gasteiger partial charge >= 0.3 is 16.5 Å². The predicted octanol–water partition coefficient (Wildman–Crippen LogP) is 12.9. The monoisotopic (exact) mass is 730 g/mol. The second kappa shape index (κ2) is 22.9. The van der Waals surface area contributed by atoms with Crippen LogP contribution in [0.25, 0.3) is 10.9 Å². The quantitative estimate of drug-likeness (QED) is 0.0828. The van der Waals surface area contributed by atoms with Gasteiger partial charge < -0.3 is 25.1 Å². The van der Waals surface area contributed by atoms with E-state index in [1.54, 1.807) is 0 Å². The van der Waals surface area contributed by atoms with E-state index in [2.05, 4.69) is 150 Å².